The molecule has 2 saturated heterocycles. The van der Waals surface area contributed by atoms with Crippen molar-refractivity contribution in [3.63, 3.8) is 0 Å². The largest absolute Gasteiger partial charge is 0.385 e. The van der Waals surface area contributed by atoms with Gasteiger partial charge in [-0.3, -0.25) is 0 Å². The highest BCUT2D eigenvalue weighted by atomic mass is 16.5. The molecule has 0 radical (unpaired) electrons. The molecule has 3 atom stereocenters. The number of likely N-dealkylation sites (tertiary alicyclic amines) is 1. The summed E-state index contributed by atoms with van der Waals surface area (Å²) >= 11 is 0. The third-order valence-corrected chi connectivity index (χ3v) is 7.06. The van der Waals surface area contributed by atoms with E-state index < -0.39 is 6.10 Å². The van der Waals surface area contributed by atoms with Crippen molar-refractivity contribution in [2.75, 3.05) is 32.8 Å². The van der Waals surface area contributed by atoms with Crippen LogP contribution in [0.1, 0.15) is 30.1 Å². The number of hydrogen-bond acceptors (Lipinski definition) is 6. The monoisotopic (exact) mass is 444 g/mol. The number of aliphatic hydroxyl groups excluding tert-OH is 1. The van der Waals surface area contributed by atoms with Crippen LogP contribution in [0, 0.1) is 35.5 Å². The van der Waals surface area contributed by atoms with Gasteiger partial charge >= 0.3 is 0 Å². The number of imidazole rings is 1. The van der Waals surface area contributed by atoms with Crippen LogP contribution in [-0.4, -0.2) is 57.6 Å². The zero-order chi connectivity index (χ0) is 22.4. The normalized spacial score (nSPS) is 25.2. The Labute approximate surface area is 193 Å². The topological polar surface area (TPSA) is 76.6 Å². The van der Waals surface area contributed by atoms with Crippen molar-refractivity contribution in [1.82, 2.24) is 19.6 Å². The molecule has 0 amide bonds. The molecule has 6 rings (SSSR count). The van der Waals surface area contributed by atoms with Crippen molar-refractivity contribution in [2.45, 2.75) is 19.6 Å². The summed E-state index contributed by atoms with van der Waals surface area (Å²) in [4.78, 5) is 6.79. The summed E-state index contributed by atoms with van der Waals surface area (Å²) in [6.07, 6.45) is 2.88. The molecule has 4 heterocycles. The molecule has 3 aliphatic rings. The van der Waals surface area contributed by atoms with Crippen LogP contribution >= 0.6 is 0 Å². The van der Waals surface area contributed by atoms with Gasteiger partial charge in [-0.2, -0.15) is 0 Å². The van der Waals surface area contributed by atoms with Crippen molar-refractivity contribution in [1.29, 1.82) is 0 Å². The van der Waals surface area contributed by atoms with Gasteiger partial charge in [0.05, 0.1) is 19.8 Å². The maximum Gasteiger partial charge on any atom is 0.167 e. The highest BCUT2D eigenvalue weighted by Crippen LogP contribution is 2.51. The first-order valence-corrected chi connectivity index (χ1v) is 11.7. The molecular weight excluding hydrogens is 416 g/mol. The molecule has 7 nitrogen and oxygen atoms in total. The average Bonchev–Trinajstić information content (AvgIpc) is 3.27. The summed E-state index contributed by atoms with van der Waals surface area (Å²) in [5.41, 5.74) is 2.79. The molecule has 1 N–H and O–H groups in total. The molecule has 0 spiro atoms. The second kappa shape index (κ2) is 8.45. The lowest BCUT2D eigenvalue weighted by Crippen LogP contribution is -2.39. The summed E-state index contributed by atoms with van der Waals surface area (Å²) in [6, 6.07) is 10.1. The first-order valence-electron chi connectivity index (χ1n) is 11.7. The van der Waals surface area contributed by atoms with E-state index in [9.17, 15) is 5.11 Å². The lowest BCUT2D eigenvalue weighted by Gasteiger charge is -2.31. The van der Waals surface area contributed by atoms with E-state index in [0.717, 1.165) is 53.5 Å². The maximum absolute atomic E-state index is 9.82. The van der Waals surface area contributed by atoms with Crippen LogP contribution in [0.25, 0.3) is 11.3 Å². The van der Waals surface area contributed by atoms with Crippen LogP contribution in [0.4, 0.5) is 0 Å². The summed E-state index contributed by atoms with van der Waals surface area (Å²) in [6.45, 7) is 7.68. The number of nitrogens with zero attached hydrogens (tertiary/aromatic N) is 4. The van der Waals surface area contributed by atoms with E-state index in [4.69, 9.17) is 9.26 Å². The summed E-state index contributed by atoms with van der Waals surface area (Å²) < 4.78 is 12.7. The average molecular weight is 445 g/mol. The van der Waals surface area contributed by atoms with Gasteiger partial charge < -0.3 is 23.8 Å². The molecule has 1 aliphatic carbocycles. The van der Waals surface area contributed by atoms with Crippen LogP contribution in [-0.2, 0) is 11.3 Å². The quantitative estimate of drug-likeness (QED) is 0.590. The SMILES string of the molecule is C[C@H](O)c1nccn1Cc1cc(-c2ccc(C#CC3C4CN(CC5COC5)CC34)cc2)on1. The van der Waals surface area contributed by atoms with Crippen LogP contribution in [0.3, 0.4) is 0 Å². The summed E-state index contributed by atoms with van der Waals surface area (Å²) in [5, 5.41) is 14.0. The highest BCUT2D eigenvalue weighted by molar-refractivity contribution is 5.59. The number of aliphatic hydroxyl groups is 1. The molecule has 0 bridgehead atoms. The van der Waals surface area contributed by atoms with Gasteiger partial charge in [-0.15, -0.1) is 0 Å². The predicted octanol–water partition coefficient (Wildman–Crippen LogP) is 2.82. The fraction of sp³-hybridized carbons (Fsp3) is 0.462. The lowest BCUT2D eigenvalue weighted by atomic mass is 10.1. The molecule has 1 aromatic carbocycles. The van der Waals surface area contributed by atoms with Crippen molar-refractivity contribution < 1.29 is 14.4 Å². The minimum atomic E-state index is -0.628. The zero-order valence-electron chi connectivity index (χ0n) is 18.7. The molecule has 170 valence electrons. The minimum absolute atomic E-state index is 0.503. The minimum Gasteiger partial charge on any atom is -0.385 e. The Hall–Kier alpha value is -2.92. The Balaban J connectivity index is 1.05. The fourth-order valence-corrected chi connectivity index (χ4v) is 5.14. The van der Waals surface area contributed by atoms with Crippen LogP contribution in [0.5, 0.6) is 0 Å². The lowest BCUT2D eigenvalue weighted by molar-refractivity contribution is -0.0453. The van der Waals surface area contributed by atoms with Crippen molar-refractivity contribution in [3.8, 4) is 23.2 Å². The molecule has 33 heavy (non-hydrogen) atoms. The second-order valence-corrected chi connectivity index (χ2v) is 9.59. The Bertz CT molecular complexity index is 1170. The zero-order valence-corrected chi connectivity index (χ0v) is 18.7. The second-order valence-electron chi connectivity index (χ2n) is 9.59. The molecule has 1 saturated carbocycles. The van der Waals surface area contributed by atoms with Gasteiger partial charge in [0.1, 0.15) is 17.6 Å². The van der Waals surface area contributed by atoms with Crippen LogP contribution < -0.4 is 0 Å². The number of benzene rings is 1. The molecule has 3 fully saturated rings. The van der Waals surface area contributed by atoms with E-state index in [-0.39, 0.29) is 0 Å². The summed E-state index contributed by atoms with van der Waals surface area (Å²) in [7, 11) is 0. The smallest absolute Gasteiger partial charge is 0.167 e. The first kappa shape index (κ1) is 20.7. The van der Waals surface area contributed by atoms with Crippen molar-refractivity contribution in [3.05, 3.63) is 59.8 Å². The van der Waals surface area contributed by atoms with Crippen LogP contribution in [0.15, 0.2) is 47.2 Å². The summed E-state index contributed by atoms with van der Waals surface area (Å²) in [5.74, 6) is 11.0. The van der Waals surface area contributed by atoms with Gasteiger partial charge in [0.25, 0.3) is 0 Å². The van der Waals surface area contributed by atoms with Crippen LogP contribution in [0.2, 0.25) is 0 Å². The molecule has 2 aliphatic heterocycles. The Morgan fingerprint density at radius 2 is 1.97 bits per heavy atom. The third kappa shape index (κ3) is 4.22. The predicted molar refractivity (Wildman–Crippen MR) is 122 cm³/mol. The van der Waals surface area contributed by atoms with Gasteiger partial charge in [-0.05, 0) is 43.0 Å². The Morgan fingerprint density at radius 3 is 2.67 bits per heavy atom. The van der Waals surface area contributed by atoms with Crippen molar-refractivity contribution in [2.24, 2.45) is 23.7 Å². The number of hydrogen-bond donors (Lipinski definition) is 1. The molecular formula is C26H28N4O3. The van der Waals surface area contributed by atoms with Gasteiger partial charge in [-0.1, -0.05) is 17.0 Å². The standard InChI is InChI=1S/C26H28N4O3/c1-17(31)26-27-8-9-30(26)12-21-10-25(33-28-21)20-5-2-18(3-6-20)4-7-22-23-13-29(14-24(22)23)11-19-15-32-16-19/h2-3,5-6,8-10,17,19,22-24,31H,11-16H2,1H3/t17-,22?,23?,24?/m0/s1. The number of rotatable bonds is 6. The number of aromatic nitrogens is 3. The maximum atomic E-state index is 9.82. The number of fused-ring (bicyclic) bond motifs is 1. The van der Waals surface area contributed by atoms with E-state index in [0.29, 0.717) is 18.3 Å². The Kier molecular flexibility index (Phi) is 5.30. The van der Waals surface area contributed by atoms with Gasteiger partial charge in [0.15, 0.2) is 5.76 Å². The van der Waals surface area contributed by atoms with E-state index >= 15 is 0 Å². The van der Waals surface area contributed by atoms with Gasteiger partial charge in [-0.25, -0.2) is 4.98 Å². The van der Waals surface area contributed by atoms with E-state index in [2.05, 4.69) is 26.9 Å². The molecule has 2 aromatic heterocycles. The number of ether oxygens (including phenoxy) is 1. The van der Waals surface area contributed by atoms with Gasteiger partial charge in [0, 0.05) is 61.1 Å². The van der Waals surface area contributed by atoms with E-state index in [1.165, 1.54) is 19.6 Å². The van der Waals surface area contributed by atoms with E-state index in [1.54, 1.807) is 13.1 Å². The van der Waals surface area contributed by atoms with Crippen molar-refractivity contribution >= 4 is 0 Å². The molecule has 2 unspecified atom stereocenters. The highest BCUT2D eigenvalue weighted by Gasteiger charge is 2.55. The third-order valence-electron chi connectivity index (χ3n) is 7.06. The van der Waals surface area contributed by atoms with E-state index in [1.807, 2.05) is 41.1 Å². The molecule has 3 aromatic rings. The Morgan fingerprint density at radius 1 is 1.18 bits per heavy atom. The van der Waals surface area contributed by atoms with Gasteiger partial charge in [0.2, 0.25) is 0 Å². The fourth-order valence-electron chi connectivity index (χ4n) is 5.14. The first-order chi connectivity index (χ1) is 16.1. The number of piperidine rings is 1. The molecule has 7 heteroatoms.